The molecule has 14 heavy (non-hydrogen) atoms. The number of fused-ring (bicyclic) bond motifs is 2. The Kier molecular flexibility index (Phi) is 2.70. The van der Waals surface area contributed by atoms with Crippen molar-refractivity contribution in [1.82, 2.24) is 0 Å². The standard InChI is InChI=1S/C13H22O/c1-8(2)13-12-6-11(7-14-13)9(3)5-10(12)4/h8-9,11-13H,4-7H2,1-3H3. The summed E-state index contributed by atoms with van der Waals surface area (Å²) in [4.78, 5) is 0. The third-order valence-electron chi connectivity index (χ3n) is 4.03. The Bertz CT molecular complexity index is 231. The van der Waals surface area contributed by atoms with Crippen molar-refractivity contribution < 1.29 is 4.74 Å². The van der Waals surface area contributed by atoms with Gasteiger partial charge in [0.05, 0.1) is 12.7 Å². The van der Waals surface area contributed by atoms with Crippen molar-refractivity contribution in [3.8, 4) is 0 Å². The van der Waals surface area contributed by atoms with Gasteiger partial charge in [-0.3, -0.25) is 0 Å². The molecule has 80 valence electrons. The van der Waals surface area contributed by atoms with E-state index in [2.05, 4.69) is 27.4 Å². The van der Waals surface area contributed by atoms with E-state index in [4.69, 9.17) is 4.74 Å². The normalized spacial score (nSPS) is 43.0. The number of ether oxygens (including phenoxy) is 1. The summed E-state index contributed by atoms with van der Waals surface area (Å²) in [5.41, 5.74) is 1.44. The van der Waals surface area contributed by atoms with Crippen molar-refractivity contribution in [1.29, 1.82) is 0 Å². The van der Waals surface area contributed by atoms with Crippen LogP contribution < -0.4 is 0 Å². The predicted molar refractivity (Wildman–Crippen MR) is 59.1 cm³/mol. The molecule has 4 atom stereocenters. The maximum atomic E-state index is 5.99. The molecule has 1 heterocycles. The third kappa shape index (κ3) is 1.63. The monoisotopic (exact) mass is 194 g/mol. The summed E-state index contributed by atoms with van der Waals surface area (Å²) in [5, 5.41) is 0. The average Bonchev–Trinajstić information content (AvgIpc) is 2.14. The second-order valence-corrected chi connectivity index (χ2v) is 5.48. The highest BCUT2D eigenvalue weighted by atomic mass is 16.5. The quantitative estimate of drug-likeness (QED) is 0.582. The lowest BCUT2D eigenvalue weighted by Gasteiger charge is -2.46. The Hall–Kier alpha value is -0.300. The molecule has 0 N–H and O–H groups in total. The van der Waals surface area contributed by atoms with E-state index in [0.717, 1.165) is 18.4 Å². The molecule has 0 amide bonds. The minimum absolute atomic E-state index is 0.436. The van der Waals surface area contributed by atoms with Crippen molar-refractivity contribution in [2.75, 3.05) is 6.61 Å². The van der Waals surface area contributed by atoms with Gasteiger partial charge >= 0.3 is 0 Å². The van der Waals surface area contributed by atoms with Gasteiger partial charge in [0.15, 0.2) is 0 Å². The zero-order valence-electron chi connectivity index (χ0n) is 9.62. The van der Waals surface area contributed by atoms with E-state index in [1.165, 1.54) is 18.4 Å². The molecule has 0 aromatic heterocycles. The van der Waals surface area contributed by atoms with Crippen LogP contribution in [0, 0.1) is 23.7 Å². The Morgan fingerprint density at radius 1 is 1.43 bits per heavy atom. The van der Waals surface area contributed by atoms with E-state index in [1.54, 1.807) is 0 Å². The smallest absolute Gasteiger partial charge is 0.0663 e. The summed E-state index contributed by atoms with van der Waals surface area (Å²) in [7, 11) is 0. The SMILES string of the molecule is C=C1CC(C)C2COC(C(C)C)C1C2. The van der Waals surface area contributed by atoms with Gasteiger partial charge in [-0.05, 0) is 30.6 Å². The van der Waals surface area contributed by atoms with Crippen LogP contribution in [0.3, 0.4) is 0 Å². The summed E-state index contributed by atoms with van der Waals surface area (Å²) in [5.74, 6) is 2.85. The molecule has 1 saturated heterocycles. The fourth-order valence-electron chi connectivity index (χ4n) is 3.06. The van der Waals surface area contributed by atoms with Gasteiger partial charge in [0.2, 0.25) is 0 Å². The highest BCUT2D eigenvalue weighted by Gasteiger charge is 2.40. The second-order valence-electron chi connectivity index (χ2n) is 5.48. The van der Waals surface area contributed by atoms with Crippen molar-refractivity contribution in [3.63, 3.8) is 0 Å². The zero-order chi connectivity index (χ0) is 10.3. The summed E-state index contributed by atoms with van der Waals surface area (Å²) >= 11 is 0. The maximum absolute atomic E-state index is 5.99. The highest BCUT2D eigenvalue weighted by molar-refractivity contribution is 5.11. The van der Waals surface area contributed by atoms with Gasteiger partial charge in [-0.2, -0.15) is 0 Å². The van der Waals surface area contributed by atoms with Gasteiger partial charge in [0, 0.05) is 5.92 Å². The third-order valence-corrected chi connectivity index (χ3v) is 4.03. The summed E-state index contributed by atoms with van der Waals surface area (Å²) in [6.45, 7) is 12.1. The number of hydrogen-bond acceptors (Lipinski definition) is 1. The van der Waals surface area contributed by atoms with Crippen LogP contribution >= 0.6 is 0 Å². The minimum atomic E-state index is 0.436. The molecule has 0 aromatic rings. The van der Waals surface area contributed by atoms with Crippen LogP contribution in [0.1, 0.15) is 33.6 Å². The van der Waals surface area contributed by atoms with E-state index in [0.29, 0.717) is 17.9 Å². The summed E-state index contributed by atoms with van der Waals surface area (Å²) in [6.07, 6.45) is 2.98. The van der Waals surface area contributed by atoms with Crippen LogP contribution in [0.2, 0.25) is 0 Å². The molecule has 2 aliphatic rings. The first-order valence-electron chi connectivity index (χ1n) is 5.89. The lowest BCUT2D eigenvalue weighted by molar-refractivity contribution is -0.0918. The Morgan fingerprint density at radius 2 is 2.14 bits per heavy atom. The molecule has 0 spiro atoms. The maximum Gasteiger partial charge on any atom is 0.0663 e. The predicted octanol–water partition coefficient (Wildman–Crippen LogP) is 3.26. The molecule has 2 rings (SSSR count). The molecule has 1 aliphatic carbocycles. The molecule has 1 saturated carbocycles. The molecule has 2 bridgehead atoms. The first-order valence-corrected chi connectivity index (χ1v) is 5.89. The van der Waals surface area contributed by atoms with Crippen LogP contribution in [-0.4, -0.2) is 12.7 Å². The Balaban J connectivity index is 2.13. The van der Waals surface area contributed by atoms with E-state index >= 15 is 0 Å². The van der Waals surface area contributed by atoms with E-state index in [9.17, 15) is 0 Å². The van der Waals surface area contributed by atoms with Crippen molar-refractivity contribution >= 4 is 0 Å². The molecule has 4 unspecified atom stereocenters. The largest absolute Gasteiger partial charge is 0.377 e. The van der Waals surface area contributed by atoms with Gasteiger partial charge < -0.3 is 4.74 Å². The van der Waals surface area contributed by atoms with Gasteiger partial charge in [0.25, 0.3) is 0 Å². The topological polar surface area (TPSA) is 9.23 Å². The lowest BCUT2D eigenvalue weighted by Crippen LogP contribution is -2.44. The molecule has 1 nitrogen and oxygen atoms in total. The minimum Gasteiger partial charge on any atom is -0.377 e. The first kappa shape index (κ1) is 10.2. The molecule has 0 radical (unpaired) electrons. The van der Waals surface area contributed by atoms with Gasteiger partial charge in [-0.25, -0.2) is 0 Å². The van der Waals surface area contributed by atoms with Gasteiger partial charge in [-0.1, -0.05) is 32.9 Å². The Morgan fingerprint density at radius 3 is 2.79 bits per heavy atom. The number of hydrogen-bond donors (Lipinski definition) is 0. The van der Waals surface area contributed by atoms with Gasteiger partial charge in [0.1, 0.15) is 0 Å². The molecule has 2 fully saturated rings. The molecular weight excluding hydrogens is 172 g/mol. The molecule has 1 heteroatoms. The lowest BCUT2D eigenvalue weighted by atomic mass is 9.67. The van der Waals surface area contributed by atoms with Gasteiger partial charge in [-0.15, -0.1) is 0 Å². The second kappa shape index (κ2) is 3.69. The average molecular weight is 194 g/mol. The number of rotatable bonds is 1. The van der Waals surface area contributed by atoms with Crippen LogP contribution in [0.5, 0.6) is 0 Å². The van der Waals surface area contributed by atoms with Crippen molar-refractivity contribution in [3.05, 3.63) is 12.2 Å². The first-order chi connectivity index (χ1) is 6.59. The van der Waals surface area contributed by atoms with Crippen LogP contribution in [-0.2, 0) is 4.74 Å². The van der Waals surface area contributed by atoms with E-state index in [1.807, 2.05) is 0 Å². The summed E-state index contributed by atoms with van der Waals surface area (Å²) < 4.78 is 5.99. The van der Waals surface area contributed by atoms with Crippen LogP contribution in [0.15, 0.2) is 12.2 Å². The van der Waals surface area contributed by atoms with Crippen molar-refractivity contribution in [2.45, 2.75) is 39.7 Å². The van der Waals surface area contributed by atoms with Crippen molar-refractivity contribution in [2.24, 2.45) is 23.7 Å². The van der Waals surface area contributed by atoms with Crippen LogP contribution in [0.25, 0.3) is 0 Å². The van der Waals surface area contributed by atoms with Crippen LogP contribution in [0.4, 0.5) is 0 Å². The fourth-order valence-corrected chi connectivity index (χ4v) is 3.06. The fraction of sp³-hybridized carbons (Fsp3) is 0.846. The van der Waals surface area contributed by atoms with E-state index < -0.39 is 0 Å². The molecule has 0 aromatic carbocycles. The summed E-state index contributed by atoms with van der Waals surface area (Å²) in [6, 6.07) is 0. The highest BCUT2D eigenvalue weighted by Crippen LogP contribution is 2.44. The zero-order valence-corrected chi connectivity index (χ0v) is 9.62. The van der Waals surface area contributed by atoms with E-state index in [-0.39, 0.29) is 0 Å². The molecule has 1 aliphatic heterocycles. The Labute approximate surface area is 87.5 Å². The molecular formula is C13H22O.